The van der Waals surface area contributed by atoms with E-state index in [0.29, 0.717) is 0 Å². The minimum Gasteiger partial charge on any atom is -0.394 e. The van der Waals surface area contributed by atoms with Crippen molar-refractivity contribution in [3.63, 3.8) is 0 Å². The number of fused-ring (bicyclic) bond motifs is 1. The second-order valence-electron chi connectivity index (χ2n) is 8.57. The van der Waals surface area contributed by atoms with Gasteiger partial charge in [-0.25, -0.2) is 19.3 Å². The van der Waals surface area contributed by atoms with E-state index in [1.54, 1.807) is 0 Å². The van der Waals surface area contributed by atoms with Crippen molar-refractivity contribution in [1.82, 2.24) is 34.1 Å². The van der Waals surface area contributed by atoms with Crippen LogP contribution in [0.15, 0.2) is 22.2 Å². The van der Waals surface area contributed by atoms with Crippen LogP contribution in [0.1, 0.15) is 25.3 Å². The maximum atomic E-state index is 12.7. The number of phosphoric acid groups is 1. The second kappa shape index (κ2) is 11.7. The molecule has 3 aromatic heterocycles. The summed E-state index contributed by atoms with van der Waals surface area (Å²) in [6, 6.07) is 0. The molecule has 2 aliphatic heterocycles. The largest absolute Gasteiger partial charge is 0.472 e. The summed E-state index contributed by atoms with van der Waals surface area (Å²) in [4.78, 5) is 51.9. The standard InChI is InChI=1S/C18H24N9O10P.Na/c19-16-22-6-27(18(31)25-16)12-2-8(9(3-28)35-12)37-38(32,33)34-4-10-7(29)1-11(36-10)26-5-21-13-14(26)23-17(20)24-15(13)30;/h5-12,28-29H,1-4H2,(H,32,33)(H2,19,25,31)(H3,20,23,24,30);/t7-,8-,9+,10+,11+,12+;/m0./s1. The number of aliphatic hydroxyl groups excluding tert-OH is 2. The first-order valence-electron chi connectivity index (χ1n) is 11.2. The van der Waals surface area contributed by atoms with Crippen LogP contribution < -0.4 is 22.7 Å². The first-order chi connectivity index (χ1) is 18.0. The Morgan fingerprint density at radius 3 is 2.51 bits per heavy atom. The molecule has 0 spiro atoms. The number of ether oxygens (including phenoxy) is 2. The number of H-pyrrole nitrogens is 1. The summed E-state index contributed by atoms with van der Waals surface area (Å²) in [7, 11) is -4.76. The van der Waals surface area contributed by atoms with Crippen molar-refractivity contribution in [3.8, 4) is 0 Å². The Morgan fingerprint density at radius 1 is 1.10 bits per heavy atom. The molecule has 2 aliphatic rings. The predicted molar refractivity (Wildman–Crippen MR) is 130 cm³/mol. The molecule has 5 heterocycles. The van der Waals surface area contributed by atoms with E-state index in [4.69, 9.17) is 30.0 Å². The smallest absolute Gasteiger partial charge is 0.394 e. The minimum absolute atomic E-state index is 0. The van der Waals surface area contributed by atoms with Gasteiger partial charge in [-0.15, -0.1) is 0 Å². The van der Waals surface area contributed by atoms with Crippen LogP contribution in [0, 0.1) is 0 Å². The van der Waals surface area contributed by atoms with Crippen molar-refractivity contribution < 1.29 is 38.2 Å². The third-order valence-electron chi connectivity index (χ3n) is 6.05. The Bertz CT molecular complexity index is 1500. The van der Waals surface area contributed by atoms with Crippen LogP contribution in [0.5, 0.6) is 0 Å². The van der Waals surface area contributed by atoms with Crippen molar-refractivity contribution in [2.75, 3.05) is 24.7 Å². The Kier molecular flexibility index (Phi) is 8.89. The summed E-state index contributed by atoms with van der Waals surface area (Å²) in [6.07, 6.45) is -3.86. The van der Waals surface area contributed by atoms with Gasteiger partial charge in [-0.3, -0.25) is 28.0 Å². The van der Waals surface area contributed by atoms with Crippen LogP contribution >= 0.6 is 7.82 Å². The first-order valence-corrected chi connectivity index (χ1v) is 12.7. The van der Waals surface area contributed by atoms with Crippen molar-refractivity contribution in [3.05, 3.63) is 33.5 Å². The van der Waals surface area contributed by atoms with Gasteiger partial charge in [-0.2, -0.15) is 9.97 Å². The van der Waals surface area contributed by atoms with Gasteiger partial charge in [0, 0.05) is 42.4 Å². The molecule has 0 bridgehead atoms. The van der Waals surface area contributed by atoms with Crippen molar-refractivity contribution >= 4 is 60.4 Å². The van der Waals surface area contributed by atoms with Crippen LogP contribution in [0.4, 0.5) is 11.9 Å². The average Bonchev–Trinajstić information content (AvgIpc) is 3.54. The summed E-state index contributed by atoms with van der Waals surface area (Å²) in [5.41, 5.74) is 9.82. The number of aromatic amines is 1. The molecule has 0 aromatic carbocycles. The van der Waals surface area contributed by atoms with Crippen molar-refractivity contribution in [2.45, 2.75) is 49.7 Å². The molecule has 21 heteroatoms. The quantitative estimate of drug-likeness (QED) is 0.114. The van der Waals surface area contributed by atoms with Gasteiger partial charge in [-0.05, 0) is 0 Å². The summed E-state index contributed by atoms with van der Waals surface area (Å²) in [6.45, 7) is -1.13. The van der Waals surface area contributed by atoms with Gasteiger partial charge in [-0.1, -0.05) is 0 Å². The molecule has 7 atom stereocenters. The SMILES string of the molecule is Nc1ncn([C@H]2C[C@H](OP(=O)(O)OC[C@H]3O[C@@H](n4cnc5c(=O)[nH]c(N)nc54)C[C@@H]3O)[C@@H](CO)O2)c(=O)n1.[Na]. The van der Waals surface area contributed by atoms with Gasteiger partial charge in [0.05, 0.1) is 25.6 Å². The van der Waals surface area contributed by atoms with E-state index < -0.39 is 69.2 Å². The van der Waals surface area contributed by atoms with E-state index in [9.17, 15) is 29.3 Å². The monoisotopic (exact) mass is 580 g/mol. The Hall–Kier alpha value is -2.29. The number of aromatic nitrogens is 7. The molecule has 1 radical (unpaired) electrons. The van der Waals surface area contributed by atoms with E-state index in [0.717, 1.165) is 10.9 Å². The number of nitrogen functional groups attached to an aromatic ring is 2. The zero-order valence-electron chi connectivity index (χ0n) is 20.4. The topological polar surface area (TPSA) is 278 Å². The number of phosphoric ester groups is 1. The number of hydrogen-bond acceptors (Lipinski definition) is 15. The summed E-state index contributed by atoms with van der Waals surface area (Å²) >= 11 is 0. The molecule has 19 nitrogen and oxygen atoms in total. The fraction of sp³-hybridized carbons (Fsp3) is 0.556. The van der Waals surface area contributed by atoms with E-state index in [2.05, 4.69) is 24.9 Å². The molecule has 1 unspecified atom stereocenters. The number of imidazole rings is 1. The molecule has 39 heavy (non-hydrogen) atoms. The van der Waals surface area contributed by atoms with Crippen LogP contribution in [-0.2, 0) is 23.1 Å². The van der Waals surface area contributed by atoms with Gasteiger partial charge in [0.15, 0.2) is 11.2 Å². The molecular weight excluding hydrogens is 556 g/mol. The number of nitrogens with zero attached hydrogens (tertiary/aromatic N) is 6. The second-order valence-corrected chi connectivity index (χ2v) is 9.97. The van der Waals surface area contributed by atoms with Crippen LogP contribution in [0.3, 0.4) is 0 Å². The third-order valence-corrected chi connectivity index (χ3v) is 7.06. The summed E-state index contributed by atoms with van der Waals surface area (Å²) in [5, 5.41) is 20.1. The number of nitrogens with two attached hydrogens (primary N) is 2. The van der Waals surface area contributed by atoms with Crippen LogP contribution in [0.25, 0.3) is 11.2 Å². The van der Waals surface area contributed by atoms with E-state index in [1.807, 2.05) is 0 Å². The van der Waals surface area contributed by atoms with Gasteiger partial charge < -0.3 is 36.0 Å². The zero-order chi connectivity index (χ0) is 27.2. The van der Waals surface area contributed by atoms with Gasteiger partial charge in [0.25, 0.3) is 5.56 Å². The summed E-state index contributed by atoms with van der Waals surface area (Å²) in [5.74, 6) is -0.369. The molecule has 0 aliphatic carbocycles. The fourth-order valence-electron chi connectivity index (χ4n) is 4.26. The maximum Gasteiger partial charge on any atom is 0.472 e. The van der Waals surface area contributed by atoms with Gasteiger partial charge >= 0.3 is 13.5 Å². The van der Waals surface area contributed by atoms with Gasteiger partial charge in [0.2, 0.25) is 11.9 Å². The average molecular weight is 580 g/mol. The maximum absolute atomic E-state index is 12.7. The molecule has 2 fully saturated rings. The number of nitrogens with one attached hydrogen (secondary N) is 1. The number of aliphatic hydroxyl groups is 2. The van der Waals surface area contributed by atoms with E-state index >= 15 is 0 Å². The Labute approximate surface area is 240 Å². The number of hydrogen-bond donors (Lipinski definition) is 6. The molecule has 207 valence electrons. The van der Waals surface area contributed by atoms with Crippen molar-refractivity contribution in [1.29, 1.82) is 0 Å². The third kappa shape index (κ3) is 6.23. The molecule has 8 N–H and O–H groups in total. The first kappa shape index (κ1) is 29.7. The van der Waals surface area contributed by atoms with Crippen molar-refractivity contribution in [2.24, 2.45) is 0 Å². The van der Waals surface area contributed by atoms with E-state index in [1.165, 1.54) is 10.9 Å². The Morgan fingerprint density at radius 2 is 1.79 bits per heavy atom. The molecule has 5 rings (SSSR count). The Balaban J connectivity index is 0.00000353. The minimum atomic E-state index is -4.76. The van der Waals surface area contributed by atoms with Crippen LogP contribution in [-0.4, -0.2) is 116 Å². The van der Waals surface area contributed by atoms with Gasteiger partial charge in [0.1, 0.15) is 37.1 Å². The normalized spacial score (nSPS) is 28.4. The number of rotatable bonds is 8. The molecule has 2 saturated heterocycles. The number of anilines is 2. The molecular formula is C18H24N9NaO10P. The molecule has 0 amide bonds. The molecule has 3 aromatic rings. The summed E-state index contributed by atoms with van der Waals surface area (Å²) < 4.78 is 36.6. The predicted octanol–water partition coefficient (Wildman–Crippen LogP) is -3.01. The zero-order valence-corrected chi connectivity index (χ0v) is 23.3. The van der Waals surface area contributed by atoms with Crippen LogP contribution in [0.2, 0.25) is 0 Å². The van der Waals surface area contributed by atoms with E-state index in [-0.39, 0.29) is 65.5 Å². The molecule has 0 saturated carbocycles. The fourth-order valence-corrected chi connectivity index (χ4v) is 5.22.